The van der Waals surface area contributed by atoms with Crippen molar-refractivity contribution >= 4 is 11.9 Å². The van der Waals surface area contributed by atoms with E-state index >= 15 is 0 Å². The van der Waals surface area contributed by atoms with Crippen LogP contribution in [0.15, 0.2) is 24.3 Å². The van der Waals surface area contributed by atoms with Gasteiger partial charge in [-0.05, 0) is 77.0 Å². The lowest BCUT2D eigenvalue weighted by Crippen LogP contribution is -2.45. The molecule has 3 N–H and O–H groups in total. The van der Waals surface area contributed by atoms with Gasteiger partial charge in [0.25, 0.3) is 0 Å². The highest BCUT2D eigenvalue weighted by atomic mass is 16.5. The van der Waals surface area contributed by atoms with Gasteiger partial charge in [-0.15, -0.1) is 0 Å². The molecule has 0 heterocycles. The average Bonchev–Trinajstić information content (AvgIpc) is 3.50. The fourth-order valence-corrected chi connectivity index (χ4v) is 12.2. The maximum Gasteiger partial charge on any atom is 0.305 e. The summed E-state index contributed by atoms with van der Waals surface area (Å²) in [5, 5.41) is 23.2. The van der Waals surface area contributed by atoms with E-state index in [0.29, 0.717) is 25.9 Å². The summed E-state index contributed by atoms with van der Waals surface area (Å²) in [7, 11) is 0. The quantitative estimate of drug-likeness (QED) is 0.0320. The first-order valence-corrected chi connectivity index (χ1v) is 38.1. The Morgan fingerprint density at radius 1 is 0.325 bits per heavy atom. The van der Waals surface area contributed by atoms with Crippen LogP contribution in [-0.4, -0.2) is 47.4 Å². The summed E-state index contributed by atoms with van der Waals surface area (Å²) in [6.45, 7) is 4.97. The SMILES string of the molecule is CCCCCCCC/C=C\CCCCCCCCCCCC(=O)OCCCCCCCCCCCCCCCCCC/C=C\CCCCCCCCCCCCCCCCCCCC(=O)NC(CO)C(O)CCCCCCCCCCCC. The molecule has 0 saturated carbocycles. The molecule has 6 heteroatoms. The third-order valence-corrected chi connectivity index (χ3v) is 18.0. The smallest absolute Gasteiger partial charge is 0.305 e. The number of unbranched alkanes of at least 4 members (excludes halogenated alkanes) is 57. The van der Waals surface area contributed by atoms with Crippen LogP contribution in [0.1, 0.15) is 431 Å². The molecule has 2 atom stereocenters. The number of ether oxygens (including phenoxy) is 1. The lowest BCUT2D eigenvalue weighted by molar-refractivity contribution is -0.143. The van der Waals surface area contributed by atoms with E-state index in [9.17, 15) is 19.8 Å². The maximum absolute atomic E-state index is 12.5. The van der Waals surface area contributed by atoms with Gasteiger partial charge in [-0.25, -0.2) is 0 Å². The number of carbonyl (C=O) groups excluding carboxylic acids is 2. The summed E-state index contributed by atoms with van der Waals surface area (Å²) in [6.07, 6.45) is 92.8. The predicted molar refractivity (Wildman–Crippen MR) is 366 cm³/mol. The van der Waals surface area contributed by atoms with E-state index in [1.165, 1.54) is 360 Å². The average molecular weight is 1170 g/mol. The van der Waals surface area contributed by atoms with E-state index in [1.54, 1.807) is 0 Å². The van der Waals surface area contributed by atoms with E-state index in [1.807, 2.05) is 0 Å². The highest BCUT2D eigenvalue weighted by Crippen LogP contribution is 2.19. The number of hydrogen-bond acceptors (Lipinski definition) is 5. The van der Waals surface area contributed by atoms with E-state index in [-0.39, 0.29) is 18.5 Å². The predicted octanol–water partition coefficient (Wildman–Crippen LogP) is 24.9. The van der Waals surface area contributed by atoms with Gasteiger partial charge in [-0.2, -0.15) is 0 Å². The Balaban J connectivity index is 3.29. The normalized spacial score (nSPS) is 12.6. The highest BCUT2D eigenvalue weighted by Gasteiger charge is 2.20. The lowest BCUT2D eigenvalue weighted by atomic mass is 10.0. The fraction of sp³-hybridized carbons (Fsp3) is 0.922. The fourth-order valence-electron chi connectivity index (χ4n) is 12.2. The summed E-state index contributed by atoms with van der Waals surface area (Å²) in [6, 6.07) is -0.536. The Labute approximate surface area is 520 Å². The summed E-state index contributed by atoms with van der Waals surface area (Å²) < 4.78 is 5.52. The minimum atomic E-state index is -0.659. The Bertz CT molecular complexity index is 1300. The Morgan fingerprint density at radius 2 is 0.566 bits per heavy atom. The third-order valence-electron chi connectivity index (χ3n) is 18.0. The molecule has 83 heavy (non-hydrogen) atoms. The number of nitrogens with one attached hydrogen (secondary N) is 1. The molecule has 0 aromatic rings. The van der Waals surface area contributed by atoms with Crippen LogP contribution < -0.4 is 5.32 Å². The molecule has 0 radical (unpaired) electrons. The second-order valence-electron chi connectivity index (χ2n) is 26.3. The first-order valence-electron chi connectivity index (χ1n) is 38.1. The van der Waals surface area contributed by atoms with Gasteiger partial charge >= 0.3 is 5.97 Å². The number of hydrogen-bond donors (Lipinski definition) is 3. The molecule has 2 unspecified atom stereocenters. The Morgan fingerprint density at radius 3 is 0.855 bits per heavy atom. The molecule has 0 saturated heterocycles. The van der Waals surface area contributed by atoms with Gasteiger partial charge in [0.05, 0.1) is 25.4 Å². The molecular formula is C77H149NO5. The molecule has 0 aliphatic carbocycles. The van der Waals surface area contributed by atoms with Crippen molar-refractivity contribution in [1.29, 1.82) is 0 Å². The van der Waals surface area contributed by atoms with Crippen molar-refractivity contribution in [2.75, 3.05) is 13.2 Å². The van der Waals surface area contributed by atoms with Crippen LogP contribution in [0.4, 0.5) is 0 Å². The molecule has 0 aliphatic heterocycles. The third kappa shape index (κ3) is 69.3. The number of aliphatic hydroxyl groups excluding tert-OH is 2. The largest absolute Gasteiger partial charge is 0.466 e. The maximum atomic E-state index is 12.5. The monoisotopic (exact) mass is 1170 g/mol. The van der Waals surface area contributed by atoms with Crippen molar-refractivity contribution in [3.63, 3.8) is 0 Å². The summed E-state index contributed by atoms with van der Waals surface area (Å²) in [4.78, 5) is 24.6. The van der Waals surface area contributed by atoms with Crippen LogP contribution in [0.5, 0.6) is 0 Å². The van der Waals surface area contributed by atoms with Gasteiger partial charge in [0, 0.05) is 12.8 Å². The zero-order chi connectivity index (χ0) is 59.9. The van der Waals surface area contributed by atoms with E-state index in [2.05, 4.69) is 43.5 Å². The van der Waals surface area contributed by atoms with Crippen molar-refractivity contribution in [3.05, 3.63) is 24.3 Å². The molecule has 0 aromatic heterocycles. The molecule has 0 rings (SSSR count). The van der Waals surface area contributed by atoms with Gasteiger partial charge in [-0.1, -0.05) is 366 Å². The minimum absolute atomic E-state index is 0.0218. The minimum Gasteiger partial charge on any atom is -0.466 e. The molecule has 0 bridgehead atoms. The van der Waals surface area contributed by atoms with Crippen molar-refractivity contribution in [3.8, 4) is 0 Å². The van der Waals surface area contributed by atoms with Crippen molar-refractivity contribution in [1.82, 2.24) is 5.32 Å². The zero-order valence-electron chi connectivity index (χ0n) is 56.5. The Kier molecular flexibility index (Phi) is 71.4. The van der Waals surface area contributed by atoms with Gasteiger partial charge in [0.1, 0.15) is 0 Å². The topological polar surface area (TPSA) is 95.9 Å². The van der Waals surface area contributed by atoms with Gasteiger partial charge < -0.3 is 20.3 Å². The number of rotatable bonds is 72. The lowest BCUT2D eigenvalue weighted by Gasteiger charge is -2.22. The second-order valence-corrected chi connectivity index (χ2v) is 26.3. The molecular weight excluding hydrogens is 1020 g/mol. The molecule has 0 aliphatic rings. The van der Waals surface area contributed by atoms with Crippen molar-refractivity contribution < 1.29 is 24.5 Å². The van der Waals surface area contributed by atoms with Crippen LogP contribution in [0.25, 0.3) is 0 Å². The van der Waals surface area contributed by atoms with E-state index in [4.69, 9.17) is 4.74 Å². The summed E-state index contributed by atoms with van der Waals surface area (Å²) in [5.74, 6) is -0.00870. The molecule has 0 spiro atoms. The van der Waals surface area contributed by atoms with E-state index in [0.717, 1.165) is 38.5 Å². The van der Waals surface area contributed by atoms with Gasteiger partial charge in [0.15, 0.2) is 0 Å². The van der Waals surface area contributed by atoms with Crippen molar-refractivity contribution in [2.24, 2.45) is 0 Å². The summed E-state index contributed by atoms with van der Waals surface area (Å²) >= 11 is 0. The molecule has 6 nitrogen and oxygen atoms in total. The highest BCUT2D eigenvalue weighted by molar-refractivity contribution is 5.76. The Hall–Kier alpha value is -1.66. The molecule has 492 valence electrons. The van der Waals surface area contributed by atoms with Crippen LogP contribution in [0, 0.1) is 0 Å². The first-order chi connectivity index (χ1) is 41.0. The first kappa shape index (κ1) is 81.3. The number of esters is 1. The second kappa shape index (κ2) is 72.8. The van der Waals surface area contributed by atoms with Crippen LogP contribution >= 0.6 is 0 Å². The number of amides is 1. The molecule has 0 aromatic carbocycles. The molecule has 0 fully saturated rings. The van der Waals surface area contributed by atoms with Crippen molar-refractivity contribution in [2.45, 2.75) is 443 Å². The van der Waals surface area contributed by atoms with Gasteiger partial charge in [-0.3, -0.25) is 9.59 Å². The number of aliphatic hydroxyl groups is 2. The summed E-state index contributed by atoms with van der Waals surface area (Å²) in [5.41, 5.74) is 0. The standard InChI is InChI=1S/C77H149NO5/c1-3-5-7-9-11-13-15-16-17-18-38-42-45-48-51-55-59-63-67-71-77(82)83-72-68-64-60-56-52-49-46-43-40-37-35-33-31-29-27-25-23-21-19-20-22-24-26-28-30-32-34-36-39-41-44-47-50-54-58-62-66-70-76(81)78-74(73-79)75(80)69-65-61-57-53-14-12-10-8-6-4-2/h16-17,19,21,74-75,79-80H,3-15,18,20,22-73H2,1-2H3,(H,78,81)/b17-16-,21-19-. The zero-order valence-corrected chi connectivity index (χ0v) is 56.5. The van der Waals surface area contributed by atoms with E-state index < -0.39 is 12.1 Å². The van der Waals surface area contributed by atoms with Crippen LogP contribution in [0.3, 0.4) is 0 Å². The van der Waals surface area contributed by atoms with Crippen LogP contribution in [-0.2, 0) is 14.3 Å². The number of carbonyl (C=O) groups is 2. The van der Waals surface area contributed by atoms with Crippen LogP contribution in [0.2, 0.25) is 0 Å². The molecule has 1 amide bonds. The number of allylic oxidation sites excluding steroid dienone is 4. The van der Waals surface area contributed by atoms with Gasteiger partial charge in [0.2, 0.25) is 5.91 Å².